The van der Waals surface area contributed by atoms with Crippen molar-refractivity contribution in [3.8, 4) is 0 Å². The number of hydrogen-bond donors (Lipinski definition) is 2. The minimum Gasteiger partial charge on any atom is -0.396 e. The highest BCUT2D eigenvalue weighted by atomic mass is 16.3. The minimum absolute atomic E-state index is 0.0165. The summed E-state index contributed by atoms with van der Waals surface area (Å²) in [5.74, 6) is 2.06. The number of aliphatic hydroxyl groups is 2. The molecule has 0 aromatic carbocycles. The topological polar surface area (TPSA) is 40.5 Å². The zero-order valence-corrected chi connectivity index (χ0v) is 22.1. The van der Waals surface area contributed by atoms with Gasteiger partial charge in [-0.05, 0) is 103 Å². The molecule has 2 N–H and O–H groups in total. The predicted octanol–water partition coefficient (Wildman–Crippen LogP) is 7.14. The Hall–Kier alpha value is -0.340. The molecular formula is C30H50O2. The largest absolute Gasteiger partial charge is 0.396 e. The third-order valence-corrected chi connectivity index (χ3v) is 13.5. The van der Waals surface area contributed by atoms with Gasteiger partial charge in [0.05, 0.1) is 6.10 Å². The average molecular weight is 443 g/mol. The van der Waals surface area contributed by atoms with Gasteiger partial charge < -0.3 is 10.2 Å². The summed E-state index contributed by atoms with van der Waals surface area (Å²) in [5.41, 5.74) is 2.83. The van der Waals surface area contributed by atoms with Gasteiger partial charge in [-0.15, -0.1) is 0 Å². The van der Waals surface area contributed by atoms with E-state index in [-0.39, 0.29) is 27.8 Å². The lowest BCUT2D eigenvalue weighted by Gasteiger charge is -2.73. The molecule has 0 amide bonds. The molecule has 2 nitrogen and oxygen atoms in total. The molecule has 4 fully saturated rings. The van der Waals surface area contributed by atoms with E-state index in [2.05, 4.69) is 54.5 Å². The second-order valence-electron chi connectivity index (χ2n) is 14.7. The summed E-state index contributed by atoms with van der Waals surface area (Å²) in [6, 6.07) is 0. The summed E-state index contributed by atoms with van der Waals surface area (Å²) in [6.45, 7) is 17.9. The van der Waals surface area contributed by atoms with Crippen LogP contribution in [0.4, 0.5) is 0 Å². The van der Waals surface area contributed by atoms with Gasteiger partial charge >= 0.3 is 0 Å². The summed E-state index contributed by atoms with van der Waals surface area (Å²) in [7, 11) is 0. The molecule has 2 heteroatoms. The molecular weight excluding hydrogens is 392 g/mol. The van der Waals surface area contributed by atoms with Crippen LogP contribution < -0.4 is 0 Å². The maximum atomic E-state index is 10.9. The molecule has 0 bridgehead atoms. The lowest BCUT2D eigenvalue weighted by molar-refractivity contribution is -0.210. The van der Waals surface area contributed by atoms with E-state index in [4.69, 9.17) is 0 Å². The van der Waals surface area contributed by atoms with Crippen molar-refractivity contribution in [3.63, 3.8) is 0 Å². The lowest BCUT2D eigenvalue weighted by atomic mass is 9.32. The van der Waals surface area contributed by atoms with Gasteiger partial charge in [0.2, 0.25) is 0 Å². The van der Waals surface area contributed by atoms with E-state index in [1.165, 1.54) is 57.8 Å². The van der Waals surface area contributed by atoms with E-state index in [0.717, 1.165) is 12.3 Å². The maximum absolute atomic E-state index is 10.9. The first kappa shape index (κ1) is 23.4. The van der Waals surface area contributed by atoms with Crippen molar-refractivity contribution in [2.75, 3.05) is 6.61 Å². The SMILES string of the molecule is CC1CCC2(CO)CCC3(C)C(=CCC4C5(C)CCC(O)C(C)(C)C5CCC43C)C2(C)C1. The van der Waals surface area contributed by atoms with Crippen LogP contribution in [0.2, 0.25) is 0 Å². The maximum Gasteiger partial charge on any atom is 0.0594 e. The van der Waals surface area contributed by atoms with Crippen molar-refractivity contribution in [1.82, 2.24) is 0 Å². The summed E-state index contributed by atoms with van der Waals surface area (Å²) >= 11 is 0. The van der Waals surface area contributed by atoms with Crippen LogP contribution in [-0.2, 0) is 0 Å². The molecule has 182 valence electrons. The Morgan fingerprint density at radius 2 is 1.56 bits per heavy atom. The fourth-order valence-electron chi connectivity index (χ4n) is 11.2. The van der Waals surface area contributed by atoms with Crippen LogP contribution >= 0.6 is 0 Å². The van der Waals surface area contributed by atoms with Gasteiger partial charge in [0.15, 0.2) is 0 Å². The van der Waals surface area contributed by atoms with Crippen molar-refractivity contribution in [1.29, 1.82) is 0 Å². The normalized spacial score (nSPS) is 56.8. The van der Waals surface area contributed by atoms with E-state index < -0.39 is 0 Å². The fraction of sp³-hybridized carbons (Fsp3) is 0.933. The van der Waals surface area contributed by atoms with E-state index in [9.17, 15) is 10.2 Å². The number of fused-ring (bicyclic) bond motifs is 7. The van der Waals surface area contributed by atoms with Crippen molar-refractivity contribution in [2.24, 2.45) is 50.2 Å². The molecule has 0 heterocycles. The smallest absolute Gasteiger partial charge is 0.0594 e. The Balaban J connectivity index is 1.61. The molecule has 4 saturated carbocycles. The van der Waals surface area contributed by atoms with Gasteiger partial charge in [0.25, 0.3) is 0 Å². The minimum atomic E-state index is -0.155. The first-order valence-electron chi connectivity index (χ1n) is 13.8. The van der Waals surface area contributed by atoms with Crippen LogP contribution in [0.25, 0.3) is 0 Å². The van der Waals surface area contributed by atoms with E-state index in [0.29, 0.717) is 29.3 Å². The van der Waals surface area contributed by atoms with Gasteiger partial charge in [0.1, 0.15) is 0 Å². The Kier molecular flexibility index (Phi) is 5.02. The standard InChI is InChI=1S/C30H50O2/c1-20-10-15-30(19-31)17-16-28(6)23(29(30,7)18-20)9-8-22-26(4)13-12-24(32)25(2,3)21(26)11-14-27(22,28)5/h9,20-22,24,31-32H,8,10-19H2,1-7H3. The van der Waals surface area contributed by atoms with Crippen molar-refractivity contribution in [2.45, 2.75) is 119 Å². The van der Waals surface area contributed by atoms with Gasteiger partial charge in [-0.2, -0.15) is 0 Å². The Morgan fingerprint density at radius 1 is 0.844 bits per heavy atom. The zero-order valence-electron chi connectivity index (χ0n) is 22.1. The number of hydrogen-bond acceptors (Lipinski definition) is 2. The quantitative estimate of drug-likeness (QED) is 0.424. The van der Waals surface area contributed by atoms with Crippen LogP contribution in [0, 0.1) is 50.2 Å². The highest BCUT2D eigenvalue weighted by Crippen LogP contribution is 2.77. The second kappa shape index (κ2) is 6.87. The first-order valence-corrected chi connectivity index (χ1v) is 13.8. The highest BCUT2D eigenvalue weighted by molar-refractivity contribution is 5.37. The summed E-state index contributed by atoms with van der Waals surface area (Å²) in [6.07, 6.45) is 14.6. The van der Waals surface area contributed by atoms with Crippen molar-refractivity contribution in [3.05, 3.63) is 11.6 Å². The van der Waals surface area contributed by atoms with Crippen LogP contribution in [-0.4, -0.2) is 22.9 Å². The predicted molar refractivity (Wildman–Crippen MR) is 132 cm³/mol. The van der Waals surface area contributed by atoms with E-state index in [1.807, 2.05) is 0 Å². The van der Waals surface area contributed by atoms with Gasteiger partial charge in [-0.1, -0.05) is 66.5 Å². The lowest BCUT2D eigenvalue weighted by Crippen LogP contribution is -2.66. The Bertz CT molecular complexity index is 814. The molecule has 0 aromatic heterocycles. The van der Waals surface area contributed by atoms with E-state index >= 15 is 0 Å². The van der Waals surface area contributed by atoms with Crippen LogP contribution in [0.3, 0.4) is 0 Å². The molecule has 9 atom stereocenters. The van der Waals surface area contributed by atoms with Crippen molar-refractivity contribution < 1.29 is 10.2 Å². The summed E-state index contributed by atoms with van der Waals surface area (Å²) < 4.78 is 0. The zero-order chi connectivity index (χ0) is 23.4. The van der Waals surface area contributed by atoms with Gasteiger partial charge in [-0.3, -0.25) is 0 Å². The fourth-order valence-corrected chi connectivity index (χ4v) is 11.2. The average Bonchev–Trinajstić information content (AvgIpc) is 2.72. The number of rotatable bonds is 1. The Morgan fingerprint density at radius 3 is 2.25 bits per heavy atom. The third kappa shape index (κ3) is 2.55. The first-order chi connectivity index (χ1) is 14.8. The second-order valence-corrected chi connectivity index (χ2v) is 14.7. The molecule has 0 spiro atoms. The molecule has 5 aliphatic rings. The molecule has 0 saturated heterocycles. The Labute approximate surface area is 197 Å². The molecule has 9 unspecified atom stereocenters. The molecule has 0 aromatic rings. The third-order valence-electron chi connectivity index (χ3n) is 13.5. The van der Waals surface area contributed by atoms with Crippen LogP contribution in [0.1, 0.15) is 113 Å². The molecule has 32 heavy (non-hydrogen) atoms. The van der Waals surface area contributed by atoms with Crippen molar-refractivity contribution >= 4 is 0 Å². The van der Waals surface area contributed by atoms with Crippen LogP contribution in [0.15, 0.2) is 11.6 Å². The molecule has 0 aliphatic heterocycles. The molecule has 5 aliphatic carbocycles. The summed E-state index contributed by atoms with van der Waals surface area (Å²) in [4.78, 5) is 0. The number of allylic oxidation sites excluding steroid dienone is 2. The van der Waals surface area contributed by atoms with Gasteiger partial charge in [0, 0.05) is 12.0 Å². The van der Waals surface area contributed by atoms with Gasteiger partial charge in [-0.25, -0.2) is 0 Å². The van der Waals surface area contributed by atoms with Crippen LogP contribution in [0.5, 0.6) is 0 Å². The van der Waals surface area contributed by atoms with E-state index in [1.54, 1.807) is 5.57 Å². The highest BCUT2D eigenvalue weighted by Gasteiger charge is 2.70. The monoisotopic (exact) mass is 442 g/mol. The summed E-state index contributed by atoms with van der Waals surface area (Å²) in [5, 5.41) is 21.6. The molecule has 5 rings (SSSR count). The molecule has 0 radical (unpaired) electrons. The number of aliphatic hydroxyl groups excluding tert-OH is 2.